The second-order valence-electron chi connectivity index (χ2n) is 7.90. The third-order valence-corrected chi connectivity index (χ3v) is 6.28. The first-order chi connectivity index (χ1) is 13.5. The maximum Gasteiger partial charge on any atom is 0.513 e. The van der Waals surface area contributed by atoms with Crippen LogP contribution in [0.2, 0.25) is 0 Å². The van der Waals surface area contributed by atoms with Crippen molar-refractivity contribution in [3.63, 3.8) is 0 Å². The molecule has 2 bridgehead atoms. The van der Waals surface area contributed by atoms with Crippen LogP contribution in [-0.4, -0.2) is 30.8 Å². The van der Waals surface area contributed by atoms with E-state index < -0.39 is 6.16 Å². The van der Waals surface area contributed by atoms with Crippen LogP contribution in [-0.2, 0) is 31.8 Å². The zero-order valence-corrected chi connectivity index (χ0v) is 17.0. The average Bonchev–Trinajstić information content (AvgIpc) is 3.35. The molecule has 2 fully saturated rings. The lowest BCUT2D eigenvalue weighted by Gasteiger charge is -2.21. The maximum absolute atomic E-state index is 13.6. The van der Waals surface area contributed by atoms with E-state index in [1.54, 1.807) is 6.92 Å². The van der Waals surface area contributed by atoms with Crippen molar-refractivity contribution in [2.24, 2.45) is 11.8 Å². The van der Waals surface area contributed by atoms with Gasteiger partial charge in [0.2, 0.25) is 0 Å². The van der Waals surface area contributed by atoms with Gasteiger partial charge in [-0.2, -0.15) is 0 Å². The minimum atomic E-state index is -0.741. The Hall–Kier alpha value is -2.14. The van der Waals surface area contributed by atoms with E-state index in [9.17, 15) is 9.59 Å². The zero-order chi connectivity index (χ0) is 20.0. The molecule has 0 spiro atoms. The quantitative estimate of drug-likeness (QED) is 0.705. The molecule has 2 saturated heterocycles. The van der Waals surface area contributed by atoms with Crippen molar-refractivity contribution in [1.29, 1.82) is 0 Å². The monoisotopic (exact) mass is 384 g/mol. The third kappa shape index (κ3) is 2.87. The van der Waals surface area contributed by atoms with Gasteiger partial charge in [-0.25, -0.2) is 4.79 Å². The van der Waals surface area contributed by atoms with E-state index in [0.29, 0.717) is 11.3 Å². The number of allylic oxidation sites excluding steroid dienone is 1. The van der Waals surface area contributed by atoms with Crippen LogP contribution in [0.25, 0.3) is 5.57 Å². The van der Waals surface area contributed by atoms with Crippen LogP contribution in [0.4, 0.5) is 4.79 Å². The van der Waals surface area contributed by atoms with Crippen molar-refractivity contribution >= 4 is 17.5 Å². The largest absolute Gasteiger partial charge is 0.513 e. The van der Waals surface area contributed by atoms with E-state index in [2.05, 4.69) is 32.9 Å². The zero-order valence-electron chi connectivity index (χ0n) is 17.0. The van der Waals surface area contributed by atoms with E-state index in [0.717, 1.165) is 42.4 Å². The molecule has 1 aromatic carbocycles. The molecule has 5 nitrogen and oxygen atoms in total. The Morgan fingerprint density at radius 3 is 2.25 bits per heavy atom. The first-order valence-corrected chi connectivity index (χ1v) is 10.4. The Labute approximate surface area is 166 Å². The number of hydrogen-bond donors (Lipinski definition) is 0. The van der Waals surface area contributed by atoms with Crippen molar-refractivity contribution in [3.05, 3.63) is 40.1 Å². The SMILES string of the molecule is CCOC(=O)OC1=C(c2c(CC)cc(C)cc2CC)C(=O)C2C3CCC(O3)C12. The second-order valence-corrected chi connectivity index (χ2v) is 7.90. The van der Waals surface area contributed by atoms with Crippen LogP contribution < -0.4 is 0 Å². The predicted molar refractivity (Wildman–Crippen MR) is 105 cm³/mol. The number of fused-ring (bicyclic) bond motifs is 5. The van der Waals surface area contributed by atoms with Gasteiger partial charge in [-0.05, 0) is 56.2 Å². The minimum Gasteiger partial charge on any atom is -0.434 e. The minimum absolute atomic E-state index is 0.0542. The molecule has 150 valence electrons. The highest BCUT2D eigenvalue weighted by molar-refractivity contribution is 6.26. The maximum atomic E-state index is 13.6. The Morgan fingerprint density at radius 2 is 1.68 bits per heavy atom. The summed E-state index contributed by atoms with van der Waals surface area (Å²) < 4.78 is 16.8. The van der Waals surface area contributed by atoms with Crippen LogP contribution in [0.5, 0.6) is 0 Å². The lowest BCUT2D eigenvalue weighted by molar-refractivity contribution is -0.118. The van der Waals surface area contributed by atoms with Crippen LogP contribution >= 0.6 is 0 Å². The molecule has 28 heavy (non-hydrogen) atoms. The molecule has 4 atom stereocenters. The molecule has 3 aliphatic rings. The van der Waals surface area contributed by atoms with Gasteiger partial charge in [0.25, 0.3) is 0 Å². The summed E-state index contributed by atoms with van der Waals surface area (Å²) in [4.78, 5) is 25.8. The van der Waals surface area contributed by atoms with Crippen molar-refractivity contribution in [1.82, 2.24) is 0 Å². The molecule has 0 saturated carbocycles. The van der Waals surface area contributed by atoms with Gasteiger partial charge in [-0.3, -0.25) is 4.79 Å². The summed E-state index contributed by atoms with van der Waals surface area (Å²) in [6.07, 6.45) is 2.56. The number of rotatable bonds is 5. The Kier molecular flexibility index (Phi) is 5.04. The normalized spacial score (nSPS) is 28.1. The van der Waals surface area contributed by atoms with Gasteiger partial charge in [0.1, 0.15) is 5.76 Å². The van der Waals surface area contributed by atoms with E-state index >= 15 is 0 Å². The number of ether oxygens (including phenoxy) is 3. The number of aryl methyl sites for hydroxylation is 3. The molecule has 2 heterocycles. The standard InChI is InChI=1S/C23H28O5/c1-5-13-10-12(4)11-14(6-2)17(13)20-21(24)18-15-8-9-16(27-15)19(18)22(20)28-23(25)26-7-3/h10-11,15-16,18-19H,5-9H2,1-4H3. The highest BCUT2D eigenvalue weighted by Crippen LogP contribution is 2.55. The molecule has 1 aliphatic carbocycles. The molecular weight excluding hydrogens is 356 g/mol. The van der Waals surface area contributed by atoms with Gasteiger partial charge in [0, 0.05) is 0 Å². The summed E-state index contributed by atoms with van der Waals surface area (Å²) >= 11 is 0. The third-order valence-electron chi connectivity index (χ3n) is 6.28. The number of Topliss-reactive ketones (excluding diaryl/α,β-unsaturated/α-hetero) is 1. The number of carbonyl (C=O) groups excluding carboxylic acids is 2. The molecule has 2 aliphatic heterocycles. The van der Waals surface area contributed by atoms with Gasteiger partial charge in [-0.15, -0.1) is 0 Å². The molecule has 0 amide bonds. The summed E-state index contributed by atoms with van der Waals surface area (Å²) in [5, 5.41) is 0. The predicted octanol–water partition coefficient (Wildman–Crippen LogP) is 4.38. The molecule has 1 aromatic rings. The summed E-state index contributed by atoms with van der Waals surface area (Å²) in [5.74, 6) is 0.105. The van der Waals surface area contributed by atoms with Crippen molar-refractivity contribution < 1.29 is 23.8 Å². The summed E-state index contributed by atoms with van der Waals surface area (Å²) in [6, 6.07) is 4.27. The summed E-state index contributed by atoms with van der Waals surface area (Å²) in [5.41, 5.74) is 4.96. The van der Waals surface area contributed by atoms with Crippen LogP contribution in [0.1, 0.15) is 55.9 Å². The molecule has 4 rings (SSSR count). The first-order valence-electron chi connectivity index (χ1n) is 10.4. The van der Waals surface area contributed by atoms with E-state index in [4.69, 9.17) is 14.2 Å². The number of ketones is 1. The highest BCUT2D eigenvalue weighted by atomic mass is 16.7. The van der Waals surface area contributed by atoms with Gasteiger partial charge >= 0.3 is 6.16 Å². The van der Waals surface area contributed by atoms with Crippen molar-refractivity contribution in [2.45, 2.75) is 65.6 Å². The number of carbonyl (C=O) groups is 2. The molecule has 5 heteroatoms. The average molecular weight is 384 g/mol. The Bertz CT molecular complexity index is 828. The molecular formula is C23H28O5. The smallest absolute Gasteiger partial charge is 0.434 e. The molecule has 0 radical (unpaired) electrons. The van der Waals surface area contributed by atoms with Crippen molar-refractivity contribution in [2.75, 3.05) is 6.61 Å². The van der Waals surface area contributed by atoms with E-state index in [1.165, 1.54) is 5.56 Å². The topological polar surface area (TPSA) is 61.8 Å². The van der Waals surface area contributed by atoms with Gasteiger partial charge in [0.15, 0.2) is 5.78 Å². The Balaban J connectivity index is 1.89. The number of benzene rings is 1. The van der Waals surface area contributed by atoms with E-state index in [1.807, 2.05) is 0 Å². The second kappa shape index (κ2) is 7.36. The fraction of sp³-hybridized carbons (Fsp3) is 0.565. The van der Waals surface area contributed by atoms with Crippen LogP contribution in [0.3, 0.4) is 0 Å². The fourth-order valence-corrected chi connectivity index (χ4v) is 5.22. The molecule has 4 unspecified atom stereocenters. The van der Waals surface area contributed by atoms with Gasteiger partial charge in [-0.1, -0.05) is 31.5 Å². The Morgan fingerprint density at radius 1 is 1.07 bits per heavy atom. The lowest BCUT2D eigenvalue weighted by Crippen LogP contribution is -2.30. The number of hydrogen-bond acceptors (Lipinski definition) is 5. The summed E-state index contributed by atoms with van der Waals surface area (Å²) in [7, 11) is 0. The first kappa shape index (κ1) is 19.2. The fourth-order valence-electron chi connectivity index (χ4n) is 5.22. The van der Waals surface area contributed by atoms with Gasteiger partial charge < -0.3 is 14.2 Å². The lowest BCUT2D eigenvalue weighted by atomic mass is 9.80. The van der Waals surface area contributed by atoms with Crippen LogP contribution in [0, 0.1) is 18.8 Å². The molecule has 0 aromatic heterocycles. The van der Waals surface area contributed by atoms with Gasteiger partial charge in [0.05, 0.1) is 36.2 Å². The van der Waals surface area contributed by atoms with E-state index in [-0.39, 0.29) is 36.4 Å². The molecule has 0 N–H and O–H groups in total. The van der Waals surface area contributed by atoms with Crippen molar-refractivity contribution in [3.8, 4) is 0 Å². The van der Waals surface area contributed by atoms with Crippen LogP contribution in [0.15, 0.2) is 17.9 Å². The summed E-state index contributed by atoms with van der Waals surface area (Å²) in [6.45, 7) is 8.24. The highest BCUT2D eigenvalue weighted by Gasteiger charge is 2.60.